The summed E-state index contributed by atoms with van der Waals surface area (Å²) >= 11 is 3.39. The zero-order valence-corrected chi connectivity index (χ0v) is 15.1. The first-order valence-corrected chi connectivity index (χ1v) is 8.29. The molecule has 124 valence electrons. The Morgan fingerprint density at radius 1 is 1.33 bits per heavy atom. The molecule has 0 fully saturated rings. The fraction of sp³-hybridized carbons (Fsp3) is 0.235. The molecule has 2 heterocycles. The van der Waals surface area contributed by atoms with Crippen LogP contribution in [0.4, 0.5) is 0 Å². The summed E-state index contributed by atoms with van der Waals surface area (Å²) < 4.78 is 2.51. The normalized spacial score (nSPS) is 12.3. The monoisotopic (exact) mass is 388 g/mol. The number of nitrogens with zero attached hydrogens (tertiary/aromatic N) is 2. The number of nitrogens with one attached hydrogen (secondary N) is 2. The standard InChI is InChI=1S/C17H17BrN4O2/c1-9-8-13(14-15(19-9)22(3)21-17(14)24)16(23)20-10(2)11-4-6-12(18)7-5-11/h4-8,10H,1-3H3,(H,20,23)(H,21,24). The largest absolute Gasteiger partial charge is 0.345 e. The molecule has 0 aliphatic carbocycles. The Kier molecular flexibility index (Phi) is 4.28. The first-order valence-electron chi connectivity index (χ1n) is 7.49. The molecule has 0 aliphatic rings. The summed E-state index contributed by atoms with van der Waals surface area (Å²) in [7, 11) is 1.70. The average molecular weight is 389 g/mol. The highest BCUT2D eigenvalue weighted by atomic mass is 79.9. The van der Waals surface area contributed by atoms with Gasteiger partial charge < -0.3 is 5.32 Å². The highest BCUT2D eigenvalue weighted by molar-refractivity contribution is 9.10. The molecule has 2 N–H and O–H groups in total. The molecule has 3 aromatic rings. The quantitative estimate of drug-likeness (QED) is 0.723. The Morgan fingerprint density at radius 3 is 2.67 bits per heavy atom. The summed E-state index contributed by atoms with van der Waals surface area (Å²) in [5.74, 6) is -0.294. The number of halogens is 1. The van der Waals surface area contributed by atoms with Crippen LogP contribution in [0.15, 0.2) is 39.6 Å². The molecule has 0 saturated heterocycles. The molecule has 1 unspecified atom stereocenters. The summed E-state index contributed by atoms with van der Waals surface area (Å²) in [4.78, 5) is 29.2. The molecule has 0 bridgehead atoms. The number of carbonyl (C=O) groups is 1. The van der Waals surface area contributed by atoms with Crippen molar-refractivity contribution in [1.82, 2.24) is 20.1 Å². The molecule has 1 amide bonds. The molecule has 0 aliphatic heterocycles. The van der Waals surface area contributed by atoms with Crippen LogP contribution in [0.5, 0.6) is 0 Å². The molecule has 1 atom stereocenters. The Hall–Kier alpha value is -2.41. The molecule has 0 spiro atoms. The number of hydrogen-bond acceptors (Lipinski definition) is 3. The highest BCUT2D eigenvalue weighted by Crippen LogP contribution is 2.19. The van der Waals surface area contributed by atoms with E-state index in [0.717, 1.165) is 10.0 Å². The van der Waals surface area contributed by atoms with E-state index in [4.69, 9.17) is 0 Å². The minimum atomic E-state index is -0.318. The Bertz CT molecular complexity index is 973. The topological polar surface area (TPSA) is 79.8 Å². The first-order chi connectivity index (χ1) is 11.4. The number of hydrogen-bond donors (Lipinski definition) is 2. The van der Waals surface area contributed by atoms with Crippen molar-refractivity contribution >= 4 is 32.9 Å². The maximum absolute atomic E-state index is 12.7. The van der Waals surface area contributed by atoms with Gasteiger partial charge in [0.2, 0.25) is 0 Å². The average Bonchev–Trinajstić information content (AvgIpc) is 2.81. The number of H-pyrrole nitrogens is 1. The zero-order chi connectivity index (χ0) is 17.4. The third-order valence-corrected chi connectivity index (χ3v) is 4.43. The number of benzene rings is 1. The van der Waals surface area contributed by atoms with Gasteiger partial charge in [0.25, 0.3) is 11.5 Å². The van der Waals surface area contributed by atoms with Crippen molar-refractivity contribution in [2.45, 2.75) is 19.9 Å². The van der Waals surface area contributed by atoms with Gasteiger partial charge in [0.05, 0.1) is 17.0 Å². The Labute approximate surface area is 147 Å². The minimum Gasteiger partial charge on any atom is -0.345 e. The van der Waals surface area contributed by atoms with Crippen LogP contribution in [0.25, 0.3) is 11.0 Å². The minimum absolute atomic E-state index is 0.183. The van der Waals surface area contributed by atoms with Gasteiger partial charge in [0.1, 0.15) is 0 Å². The number of rotatable bonds is 3. The smallest absolute Gasteiger partial charge is 0.274 e. The van der Waals surface area contributed by atoms with Crippen LogP contribution < -0.4 is 10.9 Å². The zero-order valence-electron chi connectivity index (χ0n) is 13.6. The van der Waals surface area contributed by atoms with Crippen molar-refractivity contribution < 1.29 is 4.79 Å². The maximum Gasteiger partial charge on any atom is 0.274 e. The van der Waals surface area contributed by atoms with E-state index in [1.165, 1.54) is 4.68 Å². The maximum atomic E-state index is 12.7. The second kappa shape index (κ2) is 6.24. The molecule has 7 heteroatoms. The predicted octanol–water partition coefficient (Wildman–Crippen LogP) is 2.82. The SMILES string of the molecule is Cc1cc(C(=O)NC(C)c2ccc(Br)cc2)c2c(=O)[nH]n(C)c2n1. The molecule has 2 aromatic heterocycles. The molecule has 1 aromatic carbocycles. The summed E-state index contributed by atoms with van der Waals surface area (Å²) in [5, 5.41) is 5.90. The van der Waals surface area contributed by atoms with Crippen molar-refractivity contribution in [2.24, 2.45) is 7.05 Å². The summed E-state index contributed by atoms with van der Waals surface area (Å²) in [5.41, 5.74) is 2.15. The lowest BCUT2D eigenvalue weighted by molar-refractivity contribution is 0.0941. The molecule has 3 rings (SSSR count). The number of aryl methyl sites for hydroxylation is 2. The Balaban J connectivity index is 1.97. The third-order valence-electron chi connectivity index (χ3n) is 3.90. The third kappa shape index (κ3) is 2.99. The molecule has 0 saturated carbocycles. The van der Waals surface area contributed by atoms with E-state index < -0.39 is 0 Å². The van der Waals surface area contributed by atoms with E-state index in [0.29, 0.717) is 22.3 Å². The number of aromatic nitrogens is 3. The van der Waals surface area contributed by atoms with Crippen molar-refractivity contribution in [2.75, 3.05) is 0 Å². The van der Waals surface area contributed by atoms with Gasteiger partial charge in [-0.15, -0.1) is 0 Å². The second-order valence-electron chi connectivity index (χ2n) is 5.76. The van der Waals surface area contributed by atoms with Crippen LogP contribution in [0, 0.1) is 6.92 Å². The summed E-state index contributed by atoms with van der Waals surface area (Å²) in [6.07, 6.45) is 0. The van der Waals surface area contributed by atoms with E-state index in [1.54, 1.807) is 20.0 Å². The first kappa shape index (κ1) is 16.4. The van der Waals surface area contributed by atoms with Crippen molar-refractivity contribution in [3.8, 4) is 0 Å². The predicted molar refractivity (Wildman–Crippen MR) is 96.1 cm³/mol. The van der Waals surface area contributed by atoms with Gasteiger partial charge in [-0.1, -0.05) is 28.1 Å². The van der Waals surface area contributed by atoms with Crippen LogP contribution in [0.2, 0.25) is 0 Å². The number of pyridine rings is 1. The molecule has 6 nitrogen and oxygen atoms in total. The molecule has 24 heavy (non-hydrogen) atoms. The van der Waals surface area contributed by atoms with Gasteiger partial charge in [0.15, 0.2) is 5.65 Å². The number of aromatic amines is 1. The lowest BCUT2D eigenvalue weighted by Gasteiger charge is -2.15. The molecular formula is C17H17BrN4O2. The van der Waals surface area contributed by atoms with Crippen LogP contribution in [-0.4, -0.2) is 20.7 Å². The van der Waals surface area contributed by atoms with Crippen LogP contribution in [0.1, 0.15) is 34.6 Å². The van der Waals surface area contributed by atoms with E-state index in [9.17, 15) is 9.59 Å². The molecule has 0 radical (unpaired) electrons. The van der Waals surface area contributed by atoms with Crippen molar-refractivity contribution in [1.29, 1.82) is 0 Å². The van der Waals surface area contributed by atoms with E-state index in [2.05, 4.69) is 31.3 Å². The second-order valence-corrected chi connectivity index (χ2v) is 6.67. The van der Waals surface area contributed by atoms with E-state index in [1.807, 2.05) is 31.2 Å². The van der Waals surface area contributed by atoms with Gasteiger partial charge in [-0.05, 0) is 37.6 Å². The lowest BCUT2D eigenvalue weighted by atomic mass is 10.1. The number of fused-ring (bicyclic) bond motifs is 1. The fourth-order valence-electron chi connectivity index (χ4n) is 2.67. The highest BCUT2D eigenvalue weighted by Gasteiger charge is 2.19. The lowest BCUT2D eigenvalue weighted by Crippen LogP contribution is -2.27. The van der Waals surface area contributed by atoms with Gasteiger partial charge in [-0.2, -0.15) is 0 Å². The Morgan fingerprint density at radius 2 is 2.00 bits per heavy atom. The van der Waals surface area contributed by atoms with Crippen LogP contribution in [0.3, 0.4) is 0 Å². The van der Waals surface area contributed by atoms with Crippen LogP contribution >= 0.6 is 15.9 Å². The van der Waals surface area contributed by atoms with E-state index in [-0.39, 0.29) is 17.5 Å². The van der Waals surface area contributed by atoms with Gasteiger partial charge in [-0.3, -0.25) is 19.4 Å². The van der Waals surface area contributed by atoms with Crippen molar-refractivity contribution in [3.63, 3.8) is 0 Å². The number of amides is 1. The van der Waals surface area contributed by atoms with E-state index >= 15 is 0 Å². The van der Waals surface area contributed by atoms with Crippen LogP contribution in [-0.2, 0) is 7.05 Å². The van der Waals surface area contributed by atoms with Gasteiger partial charge in [-0.25, -0.2) is 4.98 Å². The molecular weight excluding hydrogens is 372 g/mol. The summed E-state index contributed by atoms with van der Waals surface area (Å²) in [6, 6.07) is 9.19. The van der Waals surface area contributed by atoms with Gasteiger partial charge in [0, 0.05) is 17.2 Å². The fourth-order valence-corrected chi connectivity index (χ4v) is 2.94. The van der Waals surface area contributed by atoms with Gasteiger partial charge >= 0.3 is 0 Å². The summed E-state index contributed by atoms with van der Waals surface area (Å²) in [6.45, 7) is 3.70. The number of carbonyl (C=O) groups excluding carboxylic acids is 1. The van der Waals surface area contributed by atoms with Crippen molar-refractivity contribution in [3.05, 3.63) is 62.0 Å².